The van der Waals surface area contributed by atoms with Crippen LogP contribution in [0.5, 0.6) is 0 Å². The molecule has 0 saturated heterocycles. The Bertz CT molecular complexity index is 576. The maximum Gasteiger partial charge on any atom is 0.205 e. The normalized spacial score (nSPS) is 12.4. The average molecular weight is 302 g/mol. The van der Waals surface area contributed by atoms with Gasteiger partial charge in [-0.3, -0.25) is 0 Å². The van der Waals surface area contributed by atoms with Crippen LogP contribution in [0.15, 0.2) is 61.7 Å². The van der Waals surface area contributed by atoms with Crippen molar-refractivity contribution in [1.29, 1.82) is 0 Å². The lowest BCUT2D eigenvalue weighted by Gasteiger charge is -2.11. The Morgan fingerprint density at radius 1 is 0.900 bits per heavy atom. The van der Waals surface area contributed by atoms with E-state index in [4.69, 9.17) is 4.31 Å². The van der Waals surface area contributed by atoms with Crippen molar-refractivity contribution < 1.29 is 9.20 Å². The summed E-state index contributed by atoms with van der Waals surface area (Å²) in [6.07, 6.45) is 3.57. The van der Waals surface area contributed by atoms with E-state index >= 15 is 0 Å². The minimum absolute atomic E-state index is 0.130. The molecule has 4 heteroatoms. The lowest BCUT2D eigenvalue weighted by atomic mass is 10.2. The standard InChI is InChI=1S/C16H16O2P2/c1-3-13-5-9-15(10-6-13)19-18-20(17)16-11-7-14(4-2)8-12-16/h3-12,17,19H,1-2H2. The monoisotopic (exact) mass is 302 g/mol. The number of hydrogen-bond acceptors (Lipinski definition) is 2. The summed E-state index contributed by atoms with van der Waals surface area (Å²) in [4.78, 5) is 10.1. The molecule has 1 N–H and O–H groups in total. The largest absolute Gasteiger partial charge is 0.346 e. The molecule has 2 unspecified atom stereocenters. The zero-order valence-corrected chi connectivity index (χ0v) is 12.9. The predicted molar refractivity (Wildman–Crippen MR) is 90.9 cm³/mol. The van der Waals surface area contributed by atoms with Crippen LogP contribution < -0.4 is 10.6 Å². The minimum Gasteiger partial charge on any atom is -0.346 e. The van der Waals surface area contributed by atoms with Gasteiger partial charge in [-0.2, -0.15) is 0 Å². The number of rotatable bonds is 6. The summed E-state index contributed by atoms with van der Waals surface area (Å²) in [6.45, 7) is 7.42. The third-order valence-electron chi connectivity index (χ3n) is 2.75. The topological polar surface area (TPSA) is 29.5 Å². The lowest BCUT2D eigenvalue weighted by molar-refractivity contribution is 0.535. The Labute approximate surface area is 122 Å². The van der Waals surface area contributed by atoms with Gasteiger partial charge in [0.15, 0.2) is 0 Å². The molecular formula is C16H16O2P2. The molecule has 0 radical (unpaired) electrons. The van der Waals surface area contributed by atoms with Crippen LogP contribution in [-0.4, -0.2) is 4.89 Å². The minimum atomic E-state index is -1.57. The lowest BCUT2D eigenvalue weighted by Crippen LogP contribution is -2.01. The molecule has 0 saturated carbocycles. The third kappa shape index (κ3) is 4.10. The van der Waals surface area contributed by atoms with Crippen LogP contribution in [0.25, 0.3) is 12.2 Å². The molecule has 0 fully saturated rings. The van der Waals surface area contributed by atoms with Crippen molar-refractivity contribution in [3.63, 3.8) is 0 Å². The van der Waals surface area contributed by atoms with Gasteiger partial charge in [0.25, 0.3) is 0 Å². The Morgan fingerprint density at radius 2 is 1.40 bits per heavy atom. The molecule has 2 aromatic rings. The summed E-state index contributed by atoms with van der Waals surface area (Å²) in [5.41, 5.74) is 2.10. The maximum absolute atomic E-state index is 10.1. The van der Waals surface area contributed by atoms with E-state index < -0.39 is 8.38 Å². The zero-order valence-electron chi connectivity index (χ0n) is 11.0. The third-order valence-corrected chi connectivity index (χ3v) is 5.11. The highest BCUT2D eigenvalue weighted by atomic mass is 31.2. The van der Waals surface area contributed by atoms with Crippen LogP contribution in [0.3, 0.4) is 0 Å². The van der Waals surface area contributed by atoms with Gasteiger partial charge >= 0.3 is 0 Å². The summed E-state index contributed by atoms with van der Waals surface area (Å²) in [5, 5.41) is 1.86. The molecule has 0 aliphatic carbocycles. The van der Waals surface area contributed by atoms with E-state index in [1.165, 1.54) is 0 Å². The van der Waals surface area contributed by atoms with Crippen LogP contribution in [0.2, 0.25) is 0 Å². The zero-order chi connectivity index (χ0) is 14.4. The van der Waals surface area contributed by atoms with Gasteiger partial charge in [-0.15, -0.1) is 0 Å². The smallest absolute Gasteiger partial charge is 0.205 e. The molecule has 0 aromatic heterocycles. The summed E-state index contributed by atoms with van der Waals surface area (Å²) < 4.78 is 5.56. The molecule has 0 aliphatic heterocycles. The first-order valence-electron chi connectivity index (χ1n) is 6.10. The molecular weight excluding hydrogens is 286 g/mol. The summed E-state index contributed by atoms with van der Waals surface area (Å²) in [5.74, 6) is 0. The van der Waals surface area contributed by atoms with E-state index in [-0.39, 0.29) is 8.81 Å². The molecule has 0 spiro atoms. The molecule has 2 atom stereocenters. The van der Waals surface area contributed by atoms with Gasteiger partial charge in [0.1, 0.15) is 0 Å². The molecule has 0 heterocycles. The number of benzene rings is 2. The van der Waals surface area contributed by atoms with Crippen molar-refractivity contribution in [2.24, 2.45) is 0 Å². The van der Waals surface area contributed by atoms with Crippen LogP contribution in [0.1, 0.15) is 11.1 Å². The van der Waals surface area contributed by atoms with Gasteiger partial charge in [-0.05, 0) is 28.6 Å². The highest BCUT2D eigenvalue weighted by Crippen LogP contribution is 2.38. The Balaban J connectivity index is 1.94. The van der Waals surface area contributed by atoms with Crippen LogP contribution >= 0.6 is 17.2 Å². The number of hydrogen-bond donors (Lipinski definition) is 1. The van der Waals surface area contributed by atoms with Crippen LogP contribution in [0, 0.1) is 0 Å². The SMILES string of the molecule is C=Cc1ccc(POP(O)c2ccc(C=C)cc2)cc1. The first-order chi connectivity index (χ1) is 9.72. The molecule has 2 nitrogen and oxygen atoms in total. The first-order valence-corrected chi connectivity index (χ1v) is 8.22. The van der Waals surface area contributed by atoms with Crippen molar-refractivity contribution >= 4 is 39.9 Å². The fraction of sp³-hybridized carbons (Fsp3) is 0. The average Bonchev–Trinajstić information content (AvgIpc) is 2.53. The van der Waals surface area contributed by atoms with E-state index in [9.17, 15) is 4.89 Å². The maximum atomic E-state index is 10.1. The van der Waals surface area contributed by atoms with E-state index in [2.05, 4.69) is 13.2 Å². The molecule has 0 amide bonds. The Morgan fingerprint density at radius 3 is 1.90 bits per heavy atom. The predicted octanol–water partition coefficient (Wildman–Crippen LogP) is 3.84. The van der Waals surface area contributed by atoms with E-state index in [1.54, 1.807) is 12.2 Å². The van der Waals surface area contributed by atoms with Crippen molar-refractivity contribution in [3.05, 3.63) is 72.8 Å². The highest BCUT2D eigenvalue weighted by Gasteiger charge is 2.09. The molecule has 102 valence electrons. The van der Waals surface area contributed by atoms with Gasteiger partial charge in [0.05, 0.1) is 8.81 Å². The molecule has 20 heavy (non-hydrogen) atoms. The summed E-state index contributed by atoms with van der Waals surface area (Å²) in [6, 6.07) is 15.5. The van der Waals surface area contributed by atoms with Crippen molar-refractivity contribution in [2.75, 3.05) is 0 Å². The van der Waals surface area contributed by atoms with E-state index in [0.29, 0.717) is 0 Å². The van der Waals surface area contributed by atoms with Crippen molar-refractivity contribution in [3.8, 4) is 0 Å². The molecule has 0 bridgehead atoms. The quantitative estimate of drug-likeness (QED) is 0.822. The molecule has 0 aliphatic rings. The van der Waals surface area contributed by atoms with Gasteiger partial charge in [-0.1, -0.05) is 61.7 Å². The van der Waals surface area contributed by atoms with Gasteiger partial charge in [-0.25, -0.2) is 0 Å². The second-order valence-corrected chi connectivity index (χ2v) is 6.66. The van der Waals surface area contributed by atoms with Crippen LogP contribution in [0.4, 0.5) is 0 Å². The highest BCUT2D eigenvalue weighted by molar-refractivity contribution is 7.63. The van der Waals surface area contributed by atoms with Crippen LogP contribution in [-0.2, 0) is 4.31 Å². The Hall–Kier alpha value is -1.30. The van der Waals surface area contributed by atoms with Crippen molar-refractivity contribution in [1.82, 2.24) is 0 Å². The molecule has 2 rings (SSSR count). The van der Waals surface area contributed by atoms with Gasteiger partial charge in [0.2, 0.25) is 8.38 Å². The fourth-order valence-electron chi connectivity index (χ4n) is 1.57. The van der Waals surface area contributed by atoms with E-state index in [0.717, 1.165) is 21.7 Å². The molecule has 2 aromatic carbocycles. The fourth-order valence-corrected chi connectivity index (χ4v) is 3.47. The summed E-state index contributed by atoms with van der Waals surface area (Å²) in [7, 11) is -1.44. The van der Waals surface area contributed by atoms with E-state index in [1.807, 2.05) is 48.5 Å². The second kappa shape index (κ2) is 7.47. The Kier molecular flexibility index (Phi) is 5.64. The van der Waals surface area contributed by atoms with Gasteiger partial charge < -0.3 is 9.20 Å². The van der Waals surface area contributed by atoms with Gasteiger partial charge in [0, 0.05) is 5.30 Å². The first kappa shape index (κ1) is 15.1. The second-order valence-electron chi connectivity index (χ2n) is 4.09. The van der Waals surface area contributed by atoms with Crippen molar-refractivity contribution in [2.45, 2.75) is 0 Å². The summed E-state index contributed by atoms with van der Waals surface area (Å²) >= 11 is 0.